The molecule has 0 radical (unpaired) electrons. The topological polar surface area (TPSA) is 129 Å². The second-order valence-electron chi connectivity index (χ2n) is 13.9. The lowest BCUT2D eigenvalue weighted by Gasteiger charge is -2.33. The fourth-order valence-electron chi connectivity index (χ4n) is 5.11. The molecule has 11 heteroatoms. The third-order valence-corrected chi connectivity index (χ3v) is 7.93. The molecule has 0 fully saturated rings. The van der Waals surface area contributed by atoms with E-state index >= 15 is 0 Å². The third-order valence-electron chi connectivity index (χ3n) is 7.93. The van der Waals surface area contributed by atoms with Crippen molar-refractivity contribution in [2.75, 3.05) is 54.0 Å². The average molecular weight is 687 g/mol. The van der Waals surface area contributed by atoms with E-state index in [2.05, 4.69) is 17.6 Å². The first-order valence-electron chi connectivity index (χ1n) is 19.0. The van der Waals surface area contributed by atoms with E-state index in [0.29, 0.717) is 43.5 Å². The van der Waals surface area contributed by atoms with E-state index in [1.54, 1.807) is 0 Å². The summed E-state index contributed by atoms with van der Waals surface area (Å²) in [7, 11) is 5.99. The Labute approximate surface area is 292 Å². The number of nitrogens with zero attached hydrogens (tertiary/aromatic N) is 1. The second kappa shape index (κ2) is 30.5. The molecule has 0 spiro atoms. The lowest BCUT2D eigenvalue weighted by atomic mass is 10.0. The first-order valence-corrected chi connectivity index (χ1v) is 19.0. The number of rotatable bonds is 31. The molecular weight excluding hydrogens is 614 g/mol. The van der Waals surface area contributed by atoms with Crippen LogP contribution in [0.1, 0.15) is 149 Å². The standard InChI is InChI=1S/C37H71N3O8/c1-7-10-13-14-15-16-17-18-19-20-21-24-32(47-36(43)38-27-22-25-34(41)45-29-11-8-2)33(31-40(4,5)6)48-37(44)39-28-23-26-35(42)46-30-12-9-3/h32-33H,7-31H2,1-6H3,(H-,38,39,43,44)/p+1. The highest BCUT2D eigenvalue weighted by Gasteiger charge is 2.33. The van der Waals surface area contributed by atoms with Crippen LogP contribution in [0.5, 0.6) is 0 Å². The highest BCUT2D eigenvalue weighted by molar-refractivity contribution is 5.70. The Balaban J connectivity index is 5.08. The molecular formula is C37H72N3O8+. The van der Waals surface area contributed by atoms with E-state index in [1.807, 2.05) is 35.0 Å². The summed E-state index contributed by atoms with van der Waals surface area (Å²) in [5, 5.41) is 5.48. The second-order valence-corrected chi connectivity index (χ2v) is 13.9. The van der Waals surface area contributed by atoms with Crippen molar-refractivity contribution >= 4 is 24.1 Å². The Kier molecular flexibility index (Phi) is 28.9. The van der Waals surface area contributed by atoms with E-state index in [1.165, 1.54) is 51.4 Å². The zero-order chi connectivity index (χ0) is 35.9. The summed E-state index contributed by atoms with van der Waals surface area (Å²) < 4.78 is 22.6. The van der Waals surface area contributed by atoms with Crippen molar-refractivity contribution in [3.63, 3.8) is 0 Å². The normalized spacial score (nSPS) is 12.5. The molecule has 2 amide bonds. The number of nitrogens with one attached hydrogen (secondary N) is 2. The molecule has 282 valence electrons. The van der Waals surface area contributed by atoms with Gasteiger partial charge in [-0.05, 0) is 38.5 Å². The molecule has 2 N–H and O–H groups in total. The minimum atomic E-state index is -0.675. The van der Waals surface area contributed by atoms with Gasteiger partial charge in [0.05, 0.1) is 34.4 Å². The van der Waals surface area contributed by atoms with E-state index in [4.69, 9.17) is 18.9 Å². The molecule has 0 aliphatic rings. The van der Waals surface area contributed by atoms with Gasteiger partial charge in [-0.25, -0.2) is 9.59 Å². The summed E-state index contributed by atoms with van der Waals surface area (Å²) in [5.41, 5.74) is 0. The van der Waals surface area contributed by atoms with Gasteiger partial charge in [0.25, 0.3) is 0 Å². The number of unbranched alkanes of at least 4 members (excludes halogenated alkanes) is 12. The Bertz CT molecular complexity index is 834. The molecule has 0 heterocycles. The van der Waals surface area contributed by atoms with Crippen molar-refractivity contribution in [3.05, 3.63) is 0 Å². The van der Waals surface area contributed by atoms with Crippen LogP contribution in [-0.4, -0.2) is 94.8 Å². The molecule has 0 aromatic rings. The van der Waals surface area contributed by atoms with Crippen LogP contribution in [0.3, 0.4) is 0 Å². The van der Waals surface area contributed by atoms with E-state index in [0.717, 1.165) is 44.9 Å². The summed E-state index contributed by atoms with van der Waals surface area (Å²) in [6.45, 7) is 8.12. The number of amides is 2. The number of hydrogen-bond donors (Lipinski definition) is 2. The summed E-state index contributed by atoms with van der Waals surface area (Å²) in [4.78, 5) is 49.5. The van der Waals surface area contributed by atoms with Crippen LogP contribution >= 0.6 is 0 Å². The maximum absolute atomic E-state index is 12.9. The van der Waals surface area contributed by atoms with Crippen LogP contribution in [0.4, 0.5) is 9.59 Å². The number of likely N-dealkylation sites (N-methyl/N-ethyl adjacent to an activating group) is 1. The van der Waals surface area contributed by atoms with Gasteiger partial charge in [-0.15, -0.1) is 0 Å². The molecule has 0 saturated carbocycles. The van der Waals surface area contributed by atoms with Gasteiger partial charge in [0.2, 0.25) is 0 Å². The molecule has 0 aromatic carbocycles. The largest absolute Gasteiger partial charge is 0.466 e. The summed E-state index contributed by atoms with van der Waals surface area (Å²) in [6.07, 6.45) is 16.2. The van der Waals surface area contributed by atoms with Gasteiger partial charge in [0.1, 0.15) is 12.6 Å². The smallest absolute Gasteiger partial charge is 0.407 e. The highest BCUT2D eigenvalue weighted by atomic mass is 16.6. The molecule has 0 rings (SSSR count). The molecule has 11 nitrogen and oxygen atoms in total. The predicted octanol–water partition coefficient (Wildman–Crippen LogP) is 7.83. The Hall–Kier alpha value is -2.56. The van der Waals surface area contributed by atoms with Crippen molar-refractivity contribution < 1.29 is 42.6 Å². The van der Waals surface area contributed by atoms with Crippen LogP contribution in [0.15, 0.2) is 0 Å². The molecule has 0 aliphatic carbocycles. The quantitative estimate of drug-likeness (QED) is 0.0327. The van der Waals surface area contributed by atoms with Gasteiger partial charge in [0.15, 0.2) is 6.10 Å². The van der Waals surface area contributed by atoms with E-state index in [-0.39, 0.29) is 37.9 Å². The molecule has 0 aromatic heterocycles. The van der Waals surface area contributed by atoms with Crippen molar-refractivity contribution in [2.45, 2.75) is 161 Å². The summed E-state index contributed by atoms with van der Waals surface area (Å²) >= 11 is 0. The fourth-order valence-corrected chi connectivity index (χ4v) is 5.11. The average Bonchev–Trinajstić information content (AvgIpc) is 3.02. The fraction of sp³-hybridized carbons (Fsp3) is 0.892. The zero-order valence-electron chi connectivity index (χ0n) is 31.5. The Morgan fingerprint density at radius 2 is 0.917 bits per heavy atom. The van der Waals surface area contributed by atoms with Crippen molar-refractivity contribution in [1.29, 1.82) is 0 Å². The predicted molar refractivity (Wildman–Crippen MR) is 191 cm³/mol. The number of esters is 2. The first-order chi connectivity index (χ1) is 23.0. The molecule has 0 bridgehead atoms. The van der Waals surface area contributed by atoms with E-state index < -0.39 is 24.4 Å². The minimum absolute atomic E-state index is 0.216. The number of quaternary nitrogens is 1. The lowest BCUT2D eigenvalue weighted by Crippen LogP contribution is -2.50. The molecule has 2 atom stereocenters. The van der Waals surface area contributed by atoms with Crippen LogP contribution in [-0.2, 0) is 28.5 Å². The number of carbonyl (C=O) groups is 4. The van der Waals surface area contributed by atoms with Crippen LogP contribution in [0.2, 0.25) is 0 Å². The number of ether oxygens (including phenoxy) is 4. The van der Waals surface area contributed by atoms with Gasteiger partial charge >= 0.3 is 24.1 Å². The van der Waals surface area contributed by atoms with Gasteiger partial charge < -0.3 is 34.1 Å². The monoisotopic (exact) mass is 687 g/mol. The van der Waals surface area contributed by atoms with Gasteiger partial charge in [-0.1, -0.05) is 97.8 Å². The SMILES string of the molecule is CCCCCCCCCCCCCC(OC(=O)NCCCC(=O)OCCCC)C(C[N+](C)(C)C)OC(=O)NCCCC(=O)OCCCC. The Morgan fingerprint density at radius 3 is 1.33 bits per heavy atom. The van der Waals surface area contributed by atoms with Crippen molar-refractivity contribution in [2.24, 2.45) is 0 Å². The molecule has 0 saturated heterocycles. The van der Waals surface area contributed by atoms with Crippen LogP contribution in [0.25, 0.3) is 0 Å². The molecule has 2 unspecified atom stereocenters. The first kappa shape index (κ1) is 45.4. The summed E-state index contributed by atoms with van der Waals surface area (Å²) in [5.74, 6) is -0.551. The van der Waals surface area contributed by atoms with Crippen molar-refractivity contribution in [1.82, 2.24) is 10.6 Å². The lowest BCUT2D eigenvalue weighted by molar-refractivity contribution is -0.873. The van der Waals surface area contributed by atoms with Crippen molar-refractivity contribution in [3.8, 4) is 0 Å². The number of hydrogen-bond acceptors (Lipinski definition) is 8. The maximum Gasteiger partial charge on any atom is 0.407 e. The van der Waals surface area contributed by atoms with E-state index in [9.17, 15) is 19.2 Å². The van der Waals surface area contributed by atoms with Crippen LogP contribution in [0, 0.1) is 0 Å². The minimum Gasteiger partial charge on any atom is -0.466 e. The van der Waals surface area contributed by atoms with Gasteiger partial charge in [0, 0.05) is 25.9 Å². The third kappa shape index (κ3) is 29.6. The molecule has 0 aliphatic heterocycles. The highest BCUT2D eigenvalue weighted by Crippen LogP contribution is 2.18. The van der Waals surface area contributed by atoms with Gasteiger partial charge in [-0.3, -0.25) is 9.59 Å². The zero-order valence-corrected chi connectivity index (χ0v) is 31.5. The molecule has 48 heavy (non-hydrogen) atoms. The number of carbonyl (C=O) groups excluding carboxylic acids is 4. The summed E-state index contributed by atoms with van der Waals surface area (Å²) in [6, 6.07) is 0. The van der Waals surface area contributed by atoms with Gasteiger partial charge in [-0.2, -0.15) is 0 Å². The number of alkyl carbamates (subject to hydrolysis) is 2. The Morgan fingerprint density at radius 1 is 0.521 bits per heavy atom. The van der Waals surface area contributed by atoms with Crippen LogP contribution < -0.4 is 10.6 Å². The maximum atomic E-state index is 12.9.